The van der Waals surface area contributed by atoms with Crippen LogP contribution in [0.2, 0.25) is 5.02 Å². The number of halogens is 1. The molecule has 2 nitrogen and oxygen atoms in total. The van der Waals surface area contributed by atoms with E-state index in [0.717, 1.165) is 24.6 Å². The van der Waals surface area contributed by atoms with Gasteiger partial charge in [-0.3, -0.25) is 9.69 Å². The molecule has 0 bridgehead atoms. The van der Waals surface area contributed by atoms with Crippen molar-refractivity contribution in [2.45, 2.75) is 39.2 Å². The largest absolute Gasteiger partial charge is 0.300 e. The molecule has 3 heteroatoms. The molecule has 104 valence electrons. The molecule has 0 amide bonds. The number of likely N-dealkylation sites (tertiary alicyclic amines) is 1. The maximum Gasteiger partial charge on any atom is 0.164 e. The van der Waals surface area contributed by atoms with Crippen molar-refractivity contribution in [3.8, 4) is 0 Å². The Morgan fingerprint density at radius 2 is 2.16 bits per heavy atom. The number of carbonyl (C=O) groups is 1. The lowest BCUT2D eigenvalue weighted by molar-refractivity contribution is 0.0900. The number of rotatable bonds is 4. The van der Waals surface area contributed by atoms with Crippen molar-refractivity contribution in [2.24, 2.45) is 5.92 Å². The number of Topliss-reactive ketones (excluding diaryl/α,β-unsaturated/α-hetero) is 1. The Balaban J connectivity index is 1.89. The normalized spacial score (nSPS) is 24.4. The summed E-state index contributed by atoms with van der Waals surface area (Å²) in [6.45, 7) is 6.52. The van der Waals surface area contributed by atoms with Crippen molar-refractivity contribution in [1.82, 2.24) is 4.90 Å². The lowest BCUT2D eigenvalue weighted by atomic mass is 9.94. The zero-order valence-corrected chi connectivity index (χ0v) is 12.5. The Hall–Kier alpha value is -0.860. The number of piperidine rings is 1. The summed E-state index contributed by atoms with van der Waals surface area (Å²) in [5.41, 5.74) is 0.727. The summed E-state index contributed by atoms with van der Waals surface area (Å²) in [4.78, 5) is 14.6. The second-order valence-electron chi connectivity index (χ2n) is 5.71. The molecule has 2 rings (SSSR count). The first-order chi connectivity index (χ1) is 9.06. The second-order valence-corrected chi connectivity index (χ2v) is 6.15. The van der Waals surface area contributed by atoms with Crippen molar-refractivity contribution < 1.29 is 4.79 Å². The Morgan fingerprint density at radius 3 is 2.89 bits per heavy atom. The van der Waals surface area contributed by atoms with Gasteiger partial charge in [-0.1, -0.05) is 30.7 Å². The number of carbonyl (C=O) groups excluding carboxylic acids is 1. The highest BCUT2D eigenvalue weighted by atomic mass is 35.5. The Bertz CT molecular complexity index is 446. The van der Waals surface area contributed by atoms with Gasteiger partial charge in [0, 0.05) is 36.1 Å². The van der Waals surface area contributed by atoms with Crippen molar-refractivity contribution in [3.63, 3.8) is 0 Å². The van der Waals surface area contributed by atoms with E-state index in [2.05, 4.69) is 18.7 Å². The Labute approximate surface area is 120 Å². The molecule has 19 heavy (non-hydrogen) atoms. The van der Waals surface area contributed by atoms with Crippen LogP contribution in [0.15, 0.2) is 24.3 Å². The molecular weight excluding hydrogens is 258 g/mol. The molecule has 0 aromatic heterocycles. The molecule has 1 saturated heterocycles. The second kappa shape index (κ2) is 6.53. The molecule has 0 spiro atoms. The predicted molar refractivity (Wildman–Crippen MR) is 79.8 cm³/mol. The van der Waals surface area contributed by atoms with Gasteiger partial charge in [0.2, 0.25) is 0 Å². The molecule has 0 N–H and O–H groups in total. The van der Waals surface area contributed by atoms with E-state index in [-0.39, 0.29) is 5.78 Å². The molecule has 0 aliphatic carbocycles. The van der Waals surface area contributed by atoms with Gasteiger partial charge in [0.15, 0.2) is 5.78 Å². The number of hydrogen-bond acceptors (Lipinski definition) is 2. The van der Waals surface area contributed by atoms with Crippen molar-refractivity contribution in [2.75, 3.05) is 13.1 Å². The van der Waals surface area contributed by atoms with Crippen molar-refractivity contribution in [1.29, 1.82) is 0 Å². The minimum Gasteiger partial charge on any atom is -0.300 e. The van der Waals surface area contributed by atoms with Crippen molar-refractivity contribution in [3.05, 3.63) is 34.9 Å². The van der Waals surface area contributed by atoms with Gasteiger partial charge in [-0.15, -0.1) is 0 Å². The molecule has 0 saturated carbocycles. The standard InChI is InChI=1S/C16H22ClNO/c1-12-6-7-13(2)18(11-12)9-8-16(19)14-4-3-5-15(17)10-14/h3-5,10,12-13H,6-9,11H2,1-2H3. The van der Waals surface area contributed by atoms with Crippen LogP contribution in [0.3, 0.4) is 0 Å². The van der Waals surface area contributed by atoms with E-state index in [0.29, 0.717) is 17.5 Å². The first kappa shape index (κ1) is 14.5. The van der Waals surface area contributed by atoms with Crippen LogP contribution >= 0.6 is 11.6 Å². The molecule has 1 fully saturated rings. The highest BCUT2D eigenvalue weighted by Crippen LogP contribution is 2.21. The lowest BCUT2D eigenvalue weighted by Gasteiger charge is -2.36. The first-order valence-electron chi connectivity index (χ1n) is 7.09. The smallest absolute Gasteiger partial charge is 0.164 e. The molecule has 0 radical (unpaired) electrons. The molecular formula is C16H22ClNO. The SMILES string of the molecule is CC1CCC(C)N(CCC(=O)c2cccc(Cl)c2)C1. The quantitative estimate of drug-likeness (QED) is 0.776. The maximum absolute atomic E-state index is 12.1. The van der Waals surface area contributed by atoms with E-state index in [1.54, 1.807) is 12.1 Å². The van der Waals surface area contributed by atoms with Gasteiger partial charge in [0.05, 0.1) is 0 Å². The molecule has 1 aliphatic heterocycles. The van der Waals surface area contributed by atoms with Crippen LogP contribution in [-0.4, -0.2) is 29.8 Å². The van der Waals surface area contributed by atoms with Crippen LogP contribution in [0.4, 0.5) is 0 Å². The summed E-state index contributed by atoms with van der Waals surface area (Å²) < 4.78 is 0. The molecule has 1 aromatic carbocycles. The molecule has 1 aromatic rings. The zero-order chi connectivity index (χ0) is 13.8. The fourth-order valence-corrected chi connectivity index (χ4v) is 2.93. The van der Waals surface area contributed by atoms with Gasteiger partial charge in [-0.05, 0) is 37.8 Å². The van der Waals surface area contributed by atoms with E-state index in [4.69, 9.17) is 11.6 Å². The number of benzene rings is 1. The van der Waals surface area contributed by atoms with Gasteiger partial charge in [0.1, 0.15) is 0 Å². The third-order valence-corrected chi connectivity index (χ3v) is 4.25. The lowest BCUT2D eigenvalue weighted by Crippen LogP contribution is -2.42. The summed E-state index contributed by atoms with van der Waals surface area (Å²) in [5.74, 6) is 0.936. The highest BCUT2D eigenvalue weighted by molar-refractivity contribution is 6.31. The molecule has 1 aliphatic rings. The summed E-state index contributed by atoms with van der Waals surface area (Å²) in [6, 6.07) is 7.83. The summed E-state index contributed by atoms with van der Waals surface area (Å²) in [7, 11) is 0. The maximum atomic E-state index is 12.1. The van der Waals surface area contributed by atoms with Gasteiger partial charge in [-0.25, -0.2) is 0 Å². The zero-order valence-electron chi connectivity index (χ0n) is 11.7. The third kappa shape index (κ3) is 4.05. The van der Waals surface area contributed by atoms with E-state index < -0.39 is 0 Å². The van der Waals surface area contributed by atoms with Crippen LogP contribution in [0, 0.1) is 5.92 Å². The van der Waals surface area contributed by atoms with Gasteiger partial charge >= 0.3 is 0 Å². The average molecular weight is 280 g/mol. The summed E-state index contributed by atoms with van der Waals surface area (Å²) in [5, 5.41) is 0.630. The number of ketones is 1. The van der Waals surface area contributed by atoms with E-state index >= 15 is 0 Å². The van der Waals surface area contributed by atoms with Crippen LogP contribution in [0.5, 0.6) is 0 Å². The van der Waals surface area contributed by atoms with Gasteiger partial charge in [-0.2, -0.15) is 0 Å². The minimum absolute atomic E-state index is 0.188. The van der Waals surface area contributed by atoms with Crippen LogP contribution < -0.4 is 0 Å². The topological polar surface area (TPSA) is 20.3 Å². The van der Waals surface area contributed by atoms with Crippen LogP contribution in [-0.2, 0) is 0 Å². The van der Waals surface area contributed by atoms with E-state index in [1.807, 2.05) is 12.1 Å². The summed E-state index contributed by atoms with van der Waals surface area (Å²) >= 11 is 5.92. The fraction of sp³-hybridized carbons (Fsp3) is 0.562. The van der Waals surface area contributed by atoms with Crippen molar-refractivity contribution >= 4 is 17.4 Å². The number of nitrogens with zero attached hydrogens (tertiary/aromatic N) is 1. The van der Waals surface area contributed by atoms with E-state index in [9.17, 15) is 4.79 Å². The molecule has 1 heterocycles. The average Bonchev–Trinajstić information content (AvgIpc) is 2.39. The minimum atomic E-state index is 0.188. The molecule has 2 atom stereocenters. The Kier molecular flexibility index (Phi) is 5.00. The third-order valence-electron chi connectivity index (χ3n) is 4.02. The highest BCUT2D eigenvalue weighted by Gasteiger charge is 2.23. The van der Waals surface area contributed by atoms with Crippen LogP contribution in [0.1, 0.15) is 43.5 Å². The monoisotopic (exact) mass is 279 g/mol. The van der Waals surface area contributed by atoms with Gasteiger partial charge < -0.3 is 0 Å². The van der Waals surface area contributed by atoms with E-state index in [1.165, 1.54) is 12.8 Å². The molecule has 2 unspecified atom stereocenters. The fourth-order valence-electron chi connectivity index (χ4n) is 2.74. The van der Waals surface area contributed by atoms with Gasteiger partial charge in [0.25, 0.3) is 0 Å². The number of hydrogen-bond donors (Lipinski definition) is 0. The Morgan fingerprint density at radius 1 is 1.37 bits per heavy atom. The summed E-state index contributed by atoms with van der Waals surface area (Å²) in [6.07, 6.45) is 3.13. The predicted octanol–water partition coefficient (Wildman–Crippen LogP) is 4.03. The van der Waals surface area contributed by atoms with Crippen LogP contribution in [0.25, 0.3) is 0 Å². The first-order valence-corrected chi connectivity index (χ1v) is 7.47.